The molecule has 0 bridgehead atoms. The van der Waals surface area contributed by atoms with Crippen LogP contribution in [0.15, 0.2) is 87.8 Å². The highest BCUT2D eigenvalue weighted by molar-refractivity contribution is 14.1. The molecular formula is C30H23I2N3O6S. The Labute approximate surface area is 271 Å². The van der Waals surface area contributed by atoms with Gasteiger partial charge in [0.2, 0.25) is 0 Å². The predicted molar refractivity (Wildman–Crippen MR) is 176 cm³/mol. The van der Waals surface area contributed by atoms with Gasteiger partial charge in [0, 0.05) is 21.3 Å². The third kappa shape index (κ3) is 6.06. The molecule has 0 fully saturated rings. The lowest BCUT2D eigenvalue weighted by molar-refractivity contribution is -0.384. The Morgan fingerprint density at radius 1 is 1.14 bits per heavy atom. The molecule has 5 rings (SSSR count). The third-order valence-electron chi connectivity index (χ3n) is 6.62. The molecule has 9 nitrogen and oxygen atoms in total. The summed E-state index contributed by atoms with van der Waals surface area (Å²) in [6.45, 7) is 2.10. The molecule has 4 aromatic rings. The number of nitro groups is 1. The van der Waals surface area contributed by atoms with E-state index >= 15 is 0 Å². The molecule has 1 atom stereocenters. The van der Waals surface area contributed by atoms with Crippen LogP contribution in [0, 0.1) is 17.3 Å². The van der Waals surface area contributed by atoms with Crippen molar-refractivity contribution in [2.24, 2.45) is 4.99 Å². The normalized spacial score (nSPS) is 14.8. The van der Waals surface area contributed by atoms with Crippen molar-refractivity contribution in [1.29, 1.82) is 0 Å². The molecule has 0 amide bonds. The van der Waals surface area contributed by atoms with Crippen molar-refractivity contribution in [1.82, 2.24) is 4.57 Å². The maximum Gasteiger partial charge on any atom is 0.338 e. The summed E-state index contributed by atoms with van der Waals surface area (Å²) in [6, 6.07) is 18.8. The van der Waals surface area contributed by atoms with Gasteiger partial charge in [-0.25, -0.2) is 9.79 Å². The fourth-order valence-electron chi connectivity index (χ4n) is 4.67. The largest absolute Gasteiger partial charge is 0.487 e. The number of nitro benzene ring substituents is 1. The van der Waals surface area contributed by atoms with E-state index in [4.69, 9.17) is 14.5 Å². The van der Waals surface area contributed by atoms with Crippen LogP contribution in [0.4, 0.5) is 5.69 Å². The molecule has 0 saturated heterocycles. The standard InChI is InChI=1S/C30H23I2N3O6S/c1-3-23-25(29(37)40-2)26(18-7-5-4-6-8-18)34-28(36)24(42-30(34)33-23)14-19-13-20(31)15-22(32)27(19)41-16-17-9-11-21(12-10-17)35(38)39/h4-15,26H,3,16H2,1-2H3/b24-14+/t26-/m1/s1. The summed E-state index contributed by atoms with van der Waals surface area (Å²) < 4.78 is 15.1. The van der Waals surface area contributed by atoms with Gasteiger partial charge >= 0.3 is 5.97 Å². The van der Waals surface area contributed by atoms with Gasteiger partial charge in [-0.1, -0.05) is 48.6 Å². The minimum Gasteiger partial charge on any atom is -0.487 e. The number of carbonyl (C=O) groups is 1. The number of allylic oxidation sites excluding steroid dienone is 1. The molecule has 214 valence electrons. The van der Waals surface area contributed by atoms with E-state index in [1.54, 1.807) is 22.8 Å². The first-order valence-electron chi connectivity index (χ1n) is 12.7. The van der Waals surface area contributed by atoms with E-state index in [0.717, 1.165) is 18.3 Å². The number of methoxy groups -OCH3 is 1. The minimum atomic E-state index is -0.680. The van der Waals surface area contributed by atoms with Crippen LogP contribution in [0.5, 0.6) is 5.75 Å². The number of non-ortho nitro benzene ring substituents is 1. The molecule has 0 N–H and O–H groups in total. The van der Waals surface area contributed by atoms with Crippen LogP contribution in [0.1, 0.15) is 36.1 Å². The Morgan fingerprint density at radius 3 is 2.50 bits per heavy atom. The summed E-state index contributed by atoms with van der Waals surface area (Å²) >= 11 is 5.66. The van der Waals surface area contributed by atoms with E-state index in [1.165, 1.54) is 30.6 Å². The minimum absolute atomic E-state index is 0.00838. The number of hydrogen-bond donors (Lipinski definition) is 0. The fraction of sp³-hybridized carbons (Fsp3) is 0.167. The molecule has 3 aromatic carbocycles. The van der Waals surface area contributed by atoms with Crippen molar-refractivity contribution in [3.63, 3.8) is 0 Å². The summed E-state index contributed by atoms with van der Waals surface area (Å²) in [7, 11) is 1.33. The van der Waals surface area contributed by atoms with E-state index in [1.807, 2.05) is 49.4 Å². The van der Waals surface area contributed by atoms with Crippen LogP contribution in [-0.4, -0.2) is 22.6 Å². The number of ether oxygens (including phenoxy) is 2. The number of fused-ring (bicyclic) bond motifs is 1. The van der Waals surface area contributed by atoms with Gasteiger partial charge < -0.3 is 9.47 Å². The number of benzene rings is 3. The molecule has 1 aromatic heterocycles. The molecule has 0 radical (unpaired) electrons. The highest BCUT2D eigenvalue weighted by Gasteiger charge is 2.33. The molecule has 0 saturated carbocycles. The number of rotatable bonds is 8. The van der Waals surface area contributed by atoms with E-state index in [-0.39, 0.29) is 17.9 Å². The van der Waals surface area contributed by atoms with E-state index < -0.39 is 16.9 Å². The first kappa shape index (κ1) is 30.1. The Kier molecular flexibility index (Phi) is 9.22. The van der Waals surface area contributed by atoms with E-state index in [9.17, 15) is 19.7 Å². The zero-order chi connectivity index (χ0) is 30.0. The number of carbonyl (C=O) groups excluding carboxylic acids is 1. The molecule has 42 heavy (non-hydrogen) atoms. The Hall–Kier alpha value is -3.37. The van der Waals surface area contributed by atoms with Crippen LogP contribution in [-0.2, 0) is 16.1 Å². The number of nitrogens with zero attached hydrogens (tertiary/aromatic N) is 3. The first-order chi connectivity index (χ1) is 20.2. The molecule has 1 aliphatic heterocycles. The van der Waals surface area contributed by atoms with Crippen LogP contribution >= 0.6 is 56.5 Å². The summed E-state index contributed by atoms with van der Waals surface area (Å²) in [5.74, 6) is 0.0668. The van der Waals surface area contributed by atoms with Gasteiger partial charge in [-0.3, -0.25) is 19.5 Å². The monoisotopic (exact) mass is 807 g/mol. The van der Waals surface area contributed by atoms with Gasteiger partial charge in [-0.2, -0.15) is 0 Å². The van der Waals surface area contributed by atoms with Crippen molar-refractivity contribution in [3.05, 3.63) is 132 Å². The maximum absolute atomic E-state index is 14.0. The summed E-state index contributed by atoms with van der Waals surface area (Å²) in [6.07, 6.45) is 2.28. The SMILES string of the molecule is CCC1=C(C(=O)OC)[C@@H](c2ccccc2)n2c(s/c(=C/c3cc(I)cc(I)c3OCc3ccc([N+](=O)[O-])cc3)c2=O)=N1. The second-order valence-electron chi connectivity index (χ2n) is 9.22. The Balaban J connectivity index is 1.62. The molecule has 2 heterocycles. The topological polar surface area (TPSA) is 113 Å². The van der Waals surface area contributed by atoms with Gasteiger partial charge in [0.15, 0.2) is 4.80 Å². The summed E-state index contributed by atoms with van der Waals surface area (Å²) in [5, 5.41) is 11.0. The van der Waals surface area contributed by atoms with Crippen LogP contribution in [0.3, 0.4) is 0 Å². The first-order valence-corrected chi connectivity index (χ1v) is 15.7. The molecule has 0 unspecified atom stereocenters. The number of hydrogen-bond acceptors (Lipinski definition) is 8. The van der Waals surface area contributed by atoms with Crippen molar-refractivity contribution >= 4 is 74.3 Å². The van der Waals surface area contributed by atoms with Gasteiger partial charge in [-0.15, -0.1) is 0 Å². The molecule has 1 aliphatic rings. The fourth-order valence-corrected chi connectivity index (χ4v) is 7.72. The molecule has 0 spiro atoms. The number of aromatic nitrogens is 1. The van der Waals surface area contributed by atoms with Crippen molar-refractivity contribution in [2.75, 3.05) is 7.11 Å². The lowest BCUT2D eigenvalue weighted by Crippen LogP contribution is -2.40. The molecular weight excluding hydrogens is 784 g/mol. The Morgan fingerprint density at radius 2 is 1.86 bits per heavy atom. The second-order valence-corrected chi connectivity index (χ2v) is 12.6. The number of halogens is 2. The van der Waals surface area contributed by atoms with Gasteiger partial charge in [0.05, 0.1) is 37.4 Å². The van der Waals surface area contributed by atoms with Gasteiger partial charge in [0.25, 0.3) is 11.2 Å². The van der Waals surface area contributed by atoms with E-state index in [2.05, 4.69) is 45.2 Å². The van der Waals surface area contributed by atoms with Crippen LogP contribution in [0.25, 0.3) is 6.08 Å². The van der Waals surface area contributed by atoms with E-state index in [0.29, 0.717) is 38.3 Å². The van der Waals surface area contributed by atoms with Crippen LogP contribution in [0.2, 0.25) is 0 Å². The smallest absolute Gasteiger partial charge is 0.338 e. The number of thiazole rings is 1. The highest BCUT2D eigenvalue weighted by atomic mass is 127. The quantitative estimate of drug-likeness (QED) is 0.101. The predicted octanol–water partition coefficient (Wildman–Crippen LogP) is 5.49. The molecule has 0 aliphatic carbocycles. The Bertz CT molecular complexity index is 1900. The molecule has 12 heteroatoms. The average Bonchev–Trinajstić information content (AvgIpc) is 3.30. The van der Waals surface area contributed by atoms with Gasteiger partial charge in [-0.05, 0) is 93.1 Å². The summed E-state index contributed by atoms with van der Waals surface area (Å²) in [4.78, 5) is 42.8. The highest BCUT2D eigenvalue weighted by Crippen LogP contribution is 2.32. The van der Waals surface area contributed by atoms with Crippen LogP contribution < -0.4 is 19.6 Å². The van der Waals surface area contributed by atoms with Crippen molar-refractivity contribution in [3.8, 4) is 5.75 Å². The van der Waals surface area contributed by atoms with Gasteiger partial charge in [0.1, 0.15) is 12.4 Å². The maximum atomic E-state index is 14.0. The third-order valence-corrected chi connectivity index (χ3v) is 9.03. The zero-order valence-electron chi connectivity index (χ0n) is 22.4. The zero-order valence-corrected chi connectivity index (χ0v) is 27.5. The average molecular weight is 807 g/mol. The van der Waals surface area contributed by atoms with Crippen molar-refractivity contribution < 1.29 is 19.2 Å². The summed E-state index contributed by atoms with van der Waals surface area (Å²) in [5.41, 5.74) is 2.92. The lowest BCUT2D eigenvalue weighted by atomic mass is 9.95. The second kappa shape index (κ2) is 12.9. The van der Waals surface area contributed by atoms with Crippen molar-refractivity contribution in [2.45, 2.75) is 26.0 Å². The number of esters is 1. The lowest BCUT2D eigenvalue weighted by Gasteiger charge is -2.25.